The molecule has 2 N–H and O–H groups in total. The van der Waals surface area contributed by atoms with Crippen molar-refractivity contribution in [3.8, 4) is 22.7 Å². The van der Waals surface area contributed by atoms with Crippen molar-refractivity contribution in [1.29, 1.82) is 0 Å². The van der Waals surface area contributed by atoms with Crippen LogP contribution in [0.2, 0.25) is 0 Å². The number of rotatable bonds is 4. The number of allylic oxidation sites excluding steroid dienone is 1. The van der Waals surface area contributed by atoms with E-state index < -0.39 is 5.82 Å². The monoisotopic (exact) mass is 419 g/mol. The van der Waals surface area contributed by atoms with E-state index in [1.165, 1.54) is 35.9 Å². The Kier molecular flexibility index (Phi) is 4.48. The van der Waals surface area contributed by atoms with Gasteiger partial charge in [-0.05, 0) is 57.1 Å². The van der Waals surface area contributed by atoms with Crippen LogP contribution >= 0.6 is 0 Å². The van der Waals surface area contributed by atoms with Gasteiger partial charge in [0.25, 0.3) is 0 Å². The molecule has 7 heteroatoms. The zero-order valence-corrected chi connectivity index (χ0v) is 17.8. The van der Waals surface area contributed by atoms with Gasteiger partial charge in [0, 0.05) is 35.1 Å². The molecule has 2 aliphatic heterocycles. The summed E-state index contributed by atoms with van der Waals surface area (Å²) in [7, 11) is 0. The van der Waals surface area contributed by atoms with E-state index in [0.29, 0.717) is 17.2 Å². The van der Waals surface area contributed by atoms with Gasteiger partial charge in [-0.25, -0.2) is 9.37 Å². The number of piperidine rings is 1. The highest BCUT2D eigenvalue weighted by molar-refractivity contribution is 5.70. The quantitative estimate of drug-likeness (QED) is 0.651. The molecule has 3 aromatic rings. The van der Waals surface area contributed by atoms with E-state index in [9.17, 15) is 9.50 Å². The van der Waals surface area contributed by atoms with Crippen LogP contribution in [0.5, 0.6) is 5.75 Å². The minimum Gasteiger partial charge on any atom is -0.507 e. The van der Waals surface area contributed by atoms with E-state index >= 15 is 0 Å². The van der Waals surface area contributed by atoms with Crippen LogP contribution in [-0.4, -0.2) is 35.7 Å². The number of nitrogens with one attached hydrogen (secondary N) is 1. The predicted molar refractivity (Wildman–Crippen MR) is 117 cm³/mol. The van der Waals surface area contributed by atoms with Gasteiger partial charge in [0.15, 0.2) is 0 Å². The Morgan fingerprint density at radius 1 is 1.19 bits per heavy atom. The summed E-state index contributed by atoms with van der Waals surface area (Å²) in [6.07, 6.45) is 12.3. The summed E-state index contributed by atoms with van der Waals surface area (Å²) in [6.45, 7) is 8.91. The summed E-state index contributed by atoms with van der Waals surface area (Å²) in [5.74, 6) is -0.200. The number of benzene rings is 1. The second-order valence-corrected chi connectivity index (χ2v) is 9.45. The Hall–Kier alpha value is -3.06. The maximum atomic E-state index is 14.7. The lowest BCUT2D eigenvalue weighted by Gasteiger charge is -2.42. The average molecular weight is 420 g/mol. The number of aromatic nitrogens is 4. The first-order valence-electron chi connectivity index (χ1n) is 10.6. The summed E-state index contributed by atoms with van der Waals surface area (Å²) in [5.41, 5.74) is 2.96. The van der Waals surface area contributed by atoms with Crippen molar-refractivity contribution in [3.05, 3.63) is 61.3 Å². The van der Waals surface area contributed by atoms with Crippen molar-refractivity contribution in [2.45, 2.75) is 50.6 Å². The minimum atomic E-state index is -0.479. The van der Waals surface area contributed by atoms with Crippen LogP contribution in [0.4, 0.5) is 4.39 Å². The van der Waals surface area contributed by atoms with Crippen molar-refractivity contribution >= 4 is 5.57 Å². The van der Waals surface area contributed by atoms with Crippen LogP contribution in [0.1, 0.15) is 45.2 Å². The van der Waals surface area contributed by atoms with Crippen molar-refractivity contribution in [2.75, 3.05) is 0 Å². The van der Waals surface area contributed by atoms with Gasteiger partial charge in [-0.15, -0.1) is 0 Å². The SMILES string of the molecule is C=C(c1cnc(-c2cc(F)c(-n3ccnc3)cc2O)cn1)[C@H]1C[C@]2(C)CC[C@](C)(C1)N2. The Morgan fingerprint density at radius 2 is 1.94 bits per heavy atom. The third-order valence-corrected chi connectivity index (χ3v) is 6.82. The van der Waals surface area contributed by atoms with Crippen molar-refractivity contribution in [3.63, 3.8) is 0 Å². The first kappa shape index (κ1) is 19.9. The molecule has 2 aromatic heterocycles. The predicted octanol–water partition coefficient (Wildman–Crippen LogP) is 4.50. The minimum absolute atomic E-state index is 0.0678. The smallest absolute Gasteiger partial charge is 0.148 e. The van der Waals surface area contributed by atoms with Gasteiger partial charge >= 0.3 is 0 Å². The van der Waals surface area contributed by atoms with E-state index in [0.717, 1.165) is 24.1 Å². The van der Waals surface area contributed by atoms with Gasteiger partial charge in [-0.2, -0.15) is 0 Å². The van der Waals surface area contributed by atoms with Gasteiger partial charge in [-0.3, -0.25) is 9.97 Å². The molecule has 5 rings (SSSR count). The summed E-state index contributed by atoms with van der Waals surface area (Å²) in [4.78, 5) is 12.9. The van der Waals surface area contributed by atoms with Gasteiger partial charge in [-0.1, -0.05) is 6.58 Å². The van der Waals surface area contributed by atoms with Crippen molar-refractivity contribution in [1.82, 2.24) is 24.8 Å². The topological polar surface area (TPSA) is 75.9 Å². The maximum absolute atomic E-state index is 14.7. The van der Waals surface area contributed by atoms with Crippen molar-refractivity contribution in [2.24, 2.45) is 5.92 Å². The van der Waals surface area contributed by atoms with Gasteiger partial charge in [0.1, 0.15) is 11.6 Å². The molecule has 2 aliphatic rings. The molecule has 0 saturated carbocycles. The van der Waals surface area contributed by atoms with E-state index in [4.69, 9.17) is 0 Å². The second kappa shape index (κ2) is 6.99. The summed E-state index contributed by atoms with van der Waals surface area (Å²) < 4.78 is 16.2. The van der Waals surface area contributed by atoms with E-state index in [-0.39, 0.29) is 22.5 Å². The Bertz CT molecular complexity index is 1130. The summed E-state index contributed by atoms with van der Waals surface area (Å²) in [5, 5.41) is 14.3. The molecule has 0 radical (unpaired) electrons. The van der Waals surface area contributed by atoms with E-state index in [2.05, 4.69) is 40.7 Å². The van der Waals surface area contributed by atoms with Gasteiger partial charge in [0.05, 0.1) is 35.8 Å². The van der Waals surface area contributed by atoms with Crippen molar-refractivity contribution < 1.29 is 9.50 Å². The Labute approximate surface area is 180 Å². The highest BCUT2D eigenvalue weighted by Gasteiger charge is 2.49. The molecular weight excluding hydrogens is 393 g/mol. The molecule has 31 heavy (non-hydrogen) atoms. The van der Waals surface area contributed by atoms with Gasteiger partial charge < -0.3 is 15.0 Å². The maximum Gasteiger partial charge on any atom is 0.148 e. The zero-order chi connectivity index (χ0) is 21.8. The Balaban J connectivity index is 1.39. The molecule has 2 fully saturated rings. The zero-order valence-electron chi connectivity index (χ0n) is 17.8. The number of nitrogens with zero attached hydrogens (tertiary/aromatic N) is 4. The number of imidazole rings is 1. The summed E-state index contributed by atoms with van der Waals surface area (Å²) >= 11 is 0. The van der Waals surface area contributed by atoms with Crippen LogP contribution in [0, 0.1) is 11.7 Å². The number of aromatic hydroxyl groups is 1. The number of hydrogen-bond donors (Lipinski definition) is 2. The third-order valence-electron chi connectivity index (χ3n) is 6.82. The first-order chi connectivity index (χ1) is 14.8. The highest BCUT2D eigenvalue weighted by Crippen LogP contribution is 2.48. The molecule has 0 spiro atoms. The molecule has 4 heterocycles. The molecule has 2 bridgehead atoms. The molecule has 3 atom stereocenters. The lowest BCUT2D eigenvalue weighted by Crippen LogP contribution is -2.53. The number of hydrogen-bond acceptors (Lipinski definition) is 5. The average Bonchev–Trinajstić information content (AvgIpc) is 3.34. The van der Waals surface area contributed by atoms with Gasteiger partial charge in [0.2, 0.25) is 0 Å². The van der Waals surface area contributed by atoms with E-state index in [1.807, 2.05) is 0 Å². The van der Waals surface area contributed by atoms with Crippen LogP contribution < -0.4 is 5.32 Å². The lowest BCUT2D eigenvalue weighted by molar-refractivity contribution is 0.201. The fraction of sp³-hybridized carbons (Fsp3) is 0.375. The molecule has 6 nitrogen and oxygen atoms in total. The number of phenolic OH excluding ortho intramolecular Hbond substituents is 1. The molecule has 0 unspecified atom stereocenters. The van der Waals surface area contributed by atoms with E-state index in [1.54, 1.807) is 24.8 Å². The molecule has 160 valence electrons. The van der Waals surface area contributed by atoms with Crippen LogP contribution in [0.25, 0.3) is 22.5 Å². The fourth-order valence-electron chi connectivity index (χ4n) is 5.32. The van der Waals surface area contributed by atoms with Crippen LogP contribution in [0.3, 0.4) is 0 Å². The normalized spacial score (nSPS) is 27.4. The number of halogens is 1. The van der Waals surface area contributed by atoms with Crippen LogP contribution in [0.15, 0.2) is 49.8 Å². The fourth-order valence-corrected chi connectivity index (χ4v) is 5.32. The lowest BCUT2D eigenvalue weighted by atomic mass is 9.76. The second-order valence-electron chi connectivity index (χ2n) is 9.45. The molecule has 1 aromatic carbocycles. The molecule has 2 saturated heterocycles. The molecule has 0 aliphatic carbocycles. The number of phenols is 1. The summed E-state index contributed by atoms with van der Waals surface area (Å²) in [6, 6.07) is 2.64. The first-order valence-corrected chi connectivity index (χ1v) is 10.6. The number of fused-ring (bicyclic) bond motifs is 2. The van der Waals surface area contributed by atoms with Crippen LogP contribution in [-0.2, 0) is 0 Å². The largest absolute Gasteiger partial charge is 0.507 e. The molecule has 0 amide bonds. The molecular formula is C24H26FN5O. The third kappa shape index (κ3) is 3.53. The highest BCUT2D eigenvalue weighted by atomic mass is 19.1. The standard InChI is InChI=1S/C24H26FN5O/c1-15(16-10-23(2)4-5-24(3,11-16)29-23)19-12-28-20(13-27-19)17-8-18(25)21(9-22(17)31)30-7-6-26-14-30/h6-9,12-14,16,29,31H,1,4-5,10-11H2,2-3H3/t16-,23-,24+. The Morgan fingerprint density at radius 3 is 2.55 bits per heavy atom.